The molecule has 1 amide bonds. The summed E-state index contributed by atoms with van der Waals surface area (Å²) < 4.78 is 21.2. The Morgan fingerprint density at radius 3 is 2.89 bits per heavy atom. The van der Waals surface area contributed by atoms with Crippen LogP contribution in [0.4, 0.5) is 4.39 Å². The van der Waals surface area contributed by atoms with Crippen molar-refractivity contribution in [3.63, 3.8) is 0 Å². The highest BCUT2D eigenvalue weighted by molar-refractivity contribution is 5.80. The maximum Gasteiger partial charge on any atom is 0.221 e. The molecule has 0 fully saturated rings. The van der Waals surface area contributed by atoms with E-state index in [0.717, 1.165) is 23.4 Å². The molecular formula is C22H22FN3O2. The zero-order chi connectivity index (χ0) is 19.7. The fraction of sp³-hybridized carbons (Fsp3) is 0.273. The molecule has 1 atom stereocenters. The summed E-state index contributed by atoms with van der Waals surface area (Å²) in [4.78, 5) is 17.1. The van der Waals surface area contributed by atoms with E-state index in [4.69, 9.17) is 4.42 Å². The lowest BCUT2D eigenvalue weighted by Crippen LogP contribution is -2.26. The molecule has 0 spiro atoms. The Balaban J connectivity index is 1.42. The minimum absolute atomic E-state index is 0.0751. The van der Waals surface area contributed by atoms with Crippen LogP contribution in [-0.4, -0.2) is 15.5 Å². The SMILES string of the molecule is CCn1c(CCC(=O)NC(C)c2cc3cc(F)ccc3o2)nc2ccccc21. The van der Waals surface area contributed by atoms with Crippen LogP contribution in [0.5, 0.6) is 0 Å². The summed E-state index contributed by atoms with van der Waals surface area (Å²) in [5, 5.41) is 3.64. The molecule has 1 N–H and O–H groups in total. The van der Waals surface area contributed by atoms with Gasteiger partial charge in [-0.05, 0) is 50.2 Å². The minimum atomic E-state index is -0.310. The third-order valence-electron chi connectivity index (χ3n) is 4.93. The Labute approximate surface area is 162 Å². The van der Waals surface area contributed by atoms with E-state index >= 15 is 0 Å². The van der Waals surface area contributed by atoms with Gasteiger partial charge in [-0.25, -0.2) is 9.37 Å². The summed E-state index contributed by atoms with van der Waals surface area (Å²) in [6.45, 7) is 4.74. The minimum Gasteiger partial charge on any atom is -0.459 e. The van der Waals surface area contributed by atoms with E-state index in [2.05, 4.69) is 21.8 Å². The van der Waals surface area contributed by atoms with Crippen LogP contribution >= 0.6 is 0 Å². The number of furan rings is 1. The second-order valence-corrected chi connectivity index (χ2v) is 6.88. The average molecular weight is 379 g/mol. The fourth-order valence-electron chi connectivity index (χ4n) is 3.53. The van der Waals surface area contributed by atoms with Crippen molar-refractivity contribution in [2.75, 3.05) is 0 Å². The molecule has 0 saturated carbocycles. The van der Waals surface area contributed by atoms with Gasteiger partial charge >= 0.3 is 0 Å². The van der Waals surface area contributed by atoms with Crippen LogP contribution in [0.2, 0.25) is 0 Å². The number of benzene rings is 2. The third-order valence-corrected chi connectivity index (χ3v) is 4.93. The number of hydrogen-bond donors (Lipinski definition) is 1. The second-order valence-electron chi connectivity index (χ2n) is 6.88. The molecule has 0 saturated heterocycles. The average Bonchev–Trinajstić information content (AvgIpc) is 3.26. The quantitative estimate of drug-likeness (QED) is 0.526. The van der Waals surface area contributed by atoms with E-state index in [1.807, 2.05) is 31.2 Å². The molecule has 0 bridgehead atoms. The maximum absolute atomic E-state index is 13.3. The zero-order valence-electron chi connectivity index (χ0n) is 15.9. The first-order valence-corrected chi connectivity index (χ1v) is 9.47. The van der Waals surface area contributed by atoms with Gasteiger partial charge in [-0.2, -0.15) is 0 Å². The van der Waals surface area contributed by atoms with Gasteiger partial charge in [-0.3, -0.25) is 4.79 Å². The summed E-state index contributed by atoms with van der Waals surface area (Å²) >= 11 is 0. The van der Waals surface area contributed by atoms with Gasteiger partial charge in [0.1, 0.15) is 23.0 Å². The van der Waals surface area contributed by atoms with Gasteiger partial charge in [0.25, 0.3) is 0 Å². The van der Waals surface area contributed by atoms with Crippen LogP contribution in [0.25, 0.3) is 22.0 Å². The predicted octanol–water partition coefficient (Wildman–Crippen LogP) is 4.75. The van der Waals surface area contributed by atoms with Gasteiger partial charge in [0.15, 0.2) is 0 Å². The number of amides is 1. The topological polar surface area (TPSA) is 60.1 Å². The van der Waals surface area contributed by atoms with Crippen molar-refractivity contribution < 1.29 is 13.6 Å². The first-order valence-electron chi connectivity index (χ1n) is 9.47. The number of aromatic nitrogens is 2. The number of hydrogen-bond acceptors (Lipinski definition) is 3. The molecule has 1 unspecified atom stereocenters. The lowest BCUT2D eigenvalue weighted by molar-refractivity contribution is -0.121. The van der Waals surface area contributed by atoms with Crippen molar-refractivity contribution in [2.45, 2.75) is 39.3 Å². The number of nitrogens with zero attached hydrogens (tertiary/aromatic N) is 2. The standard InChI is InChI=1S/C22H22FN3O2/c1-3-26-18-7-5-4-6-17(18)25-21(26)10-11-22(27)24-14(2)20-13-15-12-16(23)8-9-19(15)28-20/h4-9,12-14H,3,10-11H2,1-2H3,(H,24,27). The lowest BCUT2D eigenvalue weighted by Gasteiger charge is -2.11. The van der Waals surface area contributed by atoms with Gasteiger partial charge < -0.3 is 14.3 Å². The number of halogens is 1. The first kappa shape index (κ1) is 18.2. The smallest absolute Gasteiger partial charge is 0.221 e. The monoisotopic (exact) mass is 379 g/mol. The van der Waals surface area contributed by atoms with E-state index < -0.39 is 0 Å². The fourth-order valence-corrected chi connectivity index (χ4v) is 3.53. The van der Waals surface area contributed by atoms with Crippen molar-refractivity contribution in [1.82, 2.24) is 14.9 Å². The van der Waals surface area contributed by atoms with Crippen LogP contribution in [0.15, 0.2) is 52.9 Å². The Morgan fingerprint density at radius 2 is 2.07 bits per heavy atom. The number of nitrogens with one attached hydrogen (secondary N) is 1. The van der Waals surface area contributed by atoms with Crippen LogP contribution in [-0.2, 0) is 17.8 Å². The summed E-state index contributed by atoms with van der Waals surface area (Å²) in [5.74, 6) is 1.13. The second kappa shape index (κ2) is 7.46. The highest BCUT2D eigenvalue weighted by Gasteiger charge is 2.16. The lowest BCUT2D eigenvalue weighted by atomic mass is 10.2. The molecule has 28 heavy (non-hydrogen) atoms. The summed E-state index contributed by atoms with van der Waals surface area (Å²) in [7, 11) is 0. The van der Waals surface area contributed by atoms with Crippen molar-refractivity contribution >= 4 is 27.9 Å². The Kier molecular flexibility index (Phi) is 4.86. The molecule has 4 rings (SSSR count). The van der Waals surface area contributed by atoms with Gasteiger partial charge in [0, 0.05) is 24.8 Å². The molecule has 144 valence electrons. The van der Waals surface area contributed by atoms with Crippen molar-refractivity contribution in [3.05, 3.63) is 65.9 Å². The molecule has 2 aromatic carbocycles. The Morgan fingerprint density at radius 1 is 1.25 bits per heavy atom. The Hall–Kier alpha value is -3.15. The van der Waals surface area contributed by atoms with E-state index in [1.165, 1.54) is 12.1 Å². The molecule has 0 aliphatic heterocycles. The Bertz CT molecular complexity index is 1150. The number of carbonyl (C=O) groups excluding carboxylic acids is 1. The van der Waals surface area contributed by atoms with Crippen molar-refractivity contribution in [2.24, 2.45) is 0 Å². The van der Waals surface area contributed by atoms with Gasteiger partial charge in [0.2, 0.25) is 5.91 Å². The predicted molar refractivity (Wildman–Crippen MR) is 106 cm³/mol. The summed E-state index contributed by atoms with van der Waals surface area (Å²) in [6, 6.07) is 13.8. The molecular weight excluding hydrogens is 357 g/mol. The molecule has 6 heteroatoms. The molecule has 0 aliphatic rings. The largest absolute Gasteiger partial charge is 0.459 e. The van der Waals surface area contributed by atoms with Gasteiger partial charge in [0.05, 0.1) is 17.1 Å². The number of para-hydroxylation sites is 2. The number of fused-ring (bicyclic) bond motifs is 2. The van der Waals surface area contributed by atoms with Gasteiger partial charge in [-0.1, -0.05) is 12.1 Å². The normalized spacial score (nSPS) is 12.5. The van der Waals surface area contributed by atoms with E-state index in [9.17, 15) is 9.18 Å². The first-order chi connectivity index (χ1) is 13.5. The highest BCUT2D eigenvalue weighted by atomic mass is 19.1. The number of carbonyl (C=O) groups is 1. The third kappa shape index (κ3) is 3.50. The molecule has 2 heterocycles. The van der Waals surface area contributed by atoms with Crippen LogP contribution < -0.4 is 5.32 Å². The van der Waals surface area contributed by atoms with Crippen LogP contribution in [0.1, 0.15) is 37.9 Å². The van der Waals surface area contributed by atoms with Gasteiger partial charge in [-0.15, -0.1) is 0 Å². The van der Waals surface area contributed by atoms with Crippen molar-refractivity contribution in [1.29, 1.82) is 0 Å². The molecule has 5 nitrogen and oxygen atoms in total. The number of rotatable bonds is 6. The molecule has 2 aromatic heterocycles. The van der Waals surface area contributed by atoms with Crippen LogP contribution in [0.3, 0.4) is 0 Å². The summed E-state index contributed by atoms with van der Waals surface area (Å²) in [6.07, 6.45) is 0.898. The molecule has 0 radical (unpaired) electrons. The van der Waals surface area contributed by atoms with Crippen molar-refractivity contribution in [3.8, 4) is 0 Å². The number of imidazole rings is 1. The molecule has 0 aliphatic carbocycles. The maximum atomic E-state index is 13.3. The highest BCUT2D eigenvalue weighted by Crippen LogP contribution is 2.24. The number of aryl methyl sites for hydroxylation is 2. The van der Waals surface area contributed by atoms with E-state index in [-0.39, 0.29) is 17.8 Å². The zero-order valence-corrected chi connectivity index (χ0v) is 15.9. The summed E-state index contributed by atoms with van der Waals surface area (Å²) in [5.41, 5.74) is 2.64. The molecule has 4 aromatic rings. The van der Waals surface area contributed by atoms with E-state index in [1.54, 1.807) is 12.1 Å². The van der Waals surface area contributed by atoms with Crippen LogP contribution in [0, 0.1) is 5.82 Å². The van der Waals surface area contributed by atoms with E-state index in [0.29, 0.717) is 29.6 Å².